The van der Waals surface area contributed by atoms with Crippen molar-refractivity contribution in [2.45, 2.75) is 0 Å². The molecule has 6 nitrogen and oxygen atoms in total. The summed E-state index contributed by atoms with van der Waals surface area (Å²) in [5.41, 5.74) is 7.43. The summed E-state index contributed by atoms with van der Waals surface area (Å²) in [4.78, 5) is 2.33. The summed E-state index contributed by atoms with van der Waals surface area (Å²) in [5.74, 6) is 0.621. The molecule has 6 heteroatoms. The fraction of sp³-hybridized carbons (Fsp3) is 0.462. The second-order valence-corrected chi connectivity index (χ2v) is 4.64. The highest BCUT2D eigenvalue weighted by molar-refractivity contribution is 5.86. The Morgan fingerprint density at radius 2 is 2.21 bits per heavy atom. The fourth-order valence-electron chi connectivity index (χ4n) is 2.21. The third-order valence-corrected chi connectivity index (χ3v) is 3.30. The number of benzene rings is 1. The summed E-state index contributed by atoms with van der Waals surface area (Å²) in [6.07, 6.45) is 0. The molecule has 0 radical (unpaired) electrons. The molecular weight excluding hydrogens is 244 g/mol. The van der Waals surface area contributed by atoms with E-state index in [0.29, 0.717) is 18.2 Å². The van der Waals surface area contributed by atoms with Crippen molar-refractivity contribution in [3.8, 4) is 5.88 Å². The number of aromatic nitrogens is 2. The Hall–Kier alpha value is -1.79. The molecule has 3 N–H and O–H groups in total. The van der Waals surface area contributed by atoms with Crippen molar-refractivity contribution in [2.75, 3.05) is 45.2 Å². The molecule has 0 bridgehead atoms. The molecule has 0 atom stereocenters. The number of morpholine rings is 1. The highest BCUT2D eigenvalue weighted by Gasteiger charge is 2.11. The average Bonchev–Trinajstić information content (AvgIpc) is 2.83. The van der Waals surface area contributed by atoms with Gasteiger partial charge in [0.1, 0.15) is 6.61 Å². The lowest BCUT2D eigenvalue weighted by atomic mass is 10.2. The predicted octanol–water partition coefficient (Wildman–Crippen LogP) is 0.856. The molecule has 1 aliphatic rings. The number of nitrogens with zero attached hydrogens (tertiary/aromatic N) is 2. The zero-order valence-corrected chi connectivity index (χ0v) is 10.8. The van der Waals surface area contributed by atoms with Gasteiger partial charge in [0.25, 0.3) is 0 Å². The Labute approximate surface area is 111 Å². The Bertz CT molecular complexity index is 549. The first kappa shape index (κ1) is 12.3. The Kier molecular flexibility index (Phi) is 3.52. The van der Waals surface area contributed by atoms with Crippen molar-refractivity contribution in [3.05, 3.63) is 18.2 Å². The molecule has 102 valence electrons. The third-order valence-electron chi connectivity index (χ3n) is 3.30. The van der Waals surface area contributed by atoms with Gasteiger partial charge in [0.2, 0.25) is 5.88 Å². The summed E-state index contributed by atoms with van der Waals surface area (Å²) in [6, 6.07) is 5.63. The van der Waals surface area contributed by atoms with Crippen molar-refractivity contribution < 1.29 is 9.47 Å². The number of nitrogen functional groups attached to an aromatic ring is 1. The summed E-state index contributed by atoms with van der Waals surface area (Å²) in [5, 5.41) is 8.05. The number of hydrogen-bond acceptors (Lipinski definition) is 5. The number of nitrogens with one attached hydrogen (secondary N) is 1. The molecule has 3 rings (SSSR count). The molecule has 0 aliphatic carbocycles. The number of anilines is 1. The van der Waals surface area contributed by atoms with Crippen molar-refractivity contribution in [1.29, 1.82) is 0 Å². The van der Waals surface area contributed by atoms with Crippen LogP contribution >= 0.6 is 0 Å². The first-order valence-electron chi connectivity index (χ1n) is 6.49. The quantitative estimate of drug-likeness (QED) is 0.799. The molecule has 2 heterocycles. The van der Waals surface area contributed by atoms with E-state index < -0.39 is 0 Å². The first-order valence-corrected chi connectivity index (χ1v) is 6.49. The number of hydrogen-bond donors (Lipinski definition) is 2. The van der Waals surface area contributed by atoms with Crippen LogP contribution in [0.5, 0.6) is 5.88 Å². The number of aromatic amines is 1. The van der Waals surface area contributed by atoms with Gasteiger partial charge in [0, 0.05) is 25.3 Å². The minimum Gasteiger partial charge on any atom is -0.475 e. The van der Waals surface area contributed by atoms with Crippen LogP contribution in [-0.4, -0.2) is 54.6 Å². The minimum atomic E-state index is 0.620. The number of rotatable bonds is 4. The van der Waals surface area contributed by atoms with Crippen molar-refractivity contribution in [3.63, 3.8) is 0 Å². The average molecular weight is 262 g/mol. The van der Waals surface area contributed by atoms with E-state index in [1.54, 1.807) is 0 Å². The van der Waals surface area contributed by atoms with Crippen LogP contribution < -0.4 is 10.5 Å². The second kappa shape index (κ2) is 5.46. The highest BCUT2D eigenvalue weighted by atomic mass is 16.5. The fourth-order valence-corrected chi connectivity index (χ4v) is 2.21. The standard InChI is InChI=1S/C13H18N4O2/c14-10-1-2-12-11(9-10)13(16-15-12)19-8-5-17-3-6-18-7-4-17/h1-2,9H,3-8,14H2,(H,15,16). The number of fused-ring (bicyclic) bond motifs is 1. The van der Waals surface area contributed by atoms with Gasteiger partial charge >= 0.3 is 0 Å². The van der Waals surface area contributed by atoms with E-state index in [1.165, 1.54) is 0 Å². The van der Waals surface area contributed by atoms with E-state index in [0.717, 1.165) is 43.8 Å². The molecule has 0 amide bonds. The van der Waals surface area contributed by atoms with Crippen LogP contribution in [0.2, 0.25) is 0 Å². The topological polar surface area (TPSA) is 76.4 Å². The van der Waals surface area contributed by atoms with E-state index in [4.69, 9.17) is 15.2 Å². The maximum atomic E-state index is 5.78. The van der Waals surface area contributed by atoms with Gasteiger partial charge in [-0.25, -0.2) is 0 Å². The van der Waals surface area contributed by atoms with Crippen molar-refractivity contribution >= 4 is 16.6 Å². The number of H-pyrrole nitrogens is 1. The van der Waals surface area contributed by atoms with Crippen LogP contribution in [0.3, 0.4) is 0 Å². The monoisotopic (exact) mass is 262 g/mol. The van der Waals surface area contributed by atoms with E-state index in [9.17, 15) is 0 Å². The number of ether oxygens (including phenoxy) is 2. The third kappa shape index (κ3) is 2.80. The van der Waals surface area contributed by atoms with Crippen LogP contribution in [0, 0.1) is 0 Å². The zero-order valence-electron chi connectivity index (χ0n) is 10.8. The maximum absolute atomic E-state index is 5.78. The summed E-state index contributed by atoms with van der Waals surface area (Å²) < 4.78 is 11.0. The Morgan fingerprint density at radius 1 is 1.37 bits per heavy atom. The Morgan fingerprint density at radius 3 is 3.05 bits per heavy atom. The largest absolute Gasteiger partial charge is 0.475 e. The molecular formula is C13H18N4O2. The lowest BCUT2D eigenvalue weighted by molar-refractivity contribution is 0.0321. The van der Waals surface area contributed by atoms with Crippen molar-refractivity contribution in [1.82, 2.24) is 15.1 Å². The van der Waals surface area contributed by atoms with Crippen LogP contribution in [0.1, 0.15) is 0 Å². The minimum absolute atomic E-state index is 0.620. The van der Waals surface area contributed by atoms with Crippen LogP contribution in [0.15, 0.2) is 18.2 Å². The summed E-state index contributed by atoms with van der Waals surface area (Å²) in [7, 11) is 0. The summed E-state index contributed by atoms with van der Waals surface area (Å²) >= 11 is 0. The van der Waals surface area contributed by atoms with E-state index in [1.807, 2.05) is 18.2 Å². The smallest absolute Gasteiger partial charge is 0.240 e. The lowest BCUT2D eigenvalue weighted by Gasteiger charge is -2.26. The van der Waals surface area contributed by atoms with Crippen LogP contribution in [-0.2, 0) is 4.74 Å². The molecule has 1 fully saturated rings. The first-order chi connectivity index (χ1) is 9.33. The predicted molar refractivity (Wildman–Crippen MR) is 73.3 cm³/mol. The normalized spacial score (nSPS) is 16.8. The van der Waals surface area contributed by atoms with Gasteiger partial charge in [0.05, 0.1) is 24.1 Å². The van der Waals surface area contributed by atoms with Crippen LogP contribution in [0.4, 0.5) is 5.69 Å². The molecule has 1 aliphatic heterocycles. The maximum Gasteiger partial charge on any atom is 0.240 e. The lowest BCUT2D eigenvalue weighted by Crippen LogP contribution is -2.38. The molecule has 1 aromatic heterocycles. The molecule has 2 aromatic rings. The van der Waals surface area contributed by atoms with Gasteiger partial charge in [-0.3, -0.25) is 10.00 Å². The van der Waals surface area contributed by atoms with Gasteiger partial charge in [-0.05, 0) is 18.2 Å². The van der Waals surface area contributed by atoms with E-state index >= 15 is 0 Å². The zero-order chi connectivity index (χ0) is 13.1. The molecule has 0 spiro atoms. The van der Waals surface area contributed by atoms with E-state index in [-0.39, 0.29) is 0 Å². The molecule has 1 saturated heterocycles. The van der Waals surface area contributed by atoms with E-state index in [2.05, 4.69) is 15.1 Å². The van der Waals surface area contributed by atoms with Crippen molar-refractivity contribution in [2.24, 2.45) is 0 Å². The Balaban J connectivity index is 1.60. The summed E-state index contributed by atoms with van der Waals surface area (Å²) in [6.45, 7) is 5.06. The molecule has 19 heavy (non-hydrogen) atoms. The van der Waals surface area contributed by atoms with Crippen LogP contribution in [0.25, 0.3) is 10.9 Å². The van der Waals surface area contributed by atoms with Gasteiger partial charge in [-0.15, -0.1) is 5.10 Å². The number of nitrogens with two attached hydrogens (primary N) is 1. The van der Waals surface area contributed by atoms with Gasteiger partial charge < -0.3 is 15.2 Å². The molecule has 1 aromatic carbocycles. The molecule has 0 unspecified atom stereocenters. The molecule has 0 saturated carbocycles. The second-order valence-electron chi connectivity index (χ2n) is 4.64. The van der Waals surface area contributed by atoms with Gasteiger partial charge in [0.15, 0.2) is 0 Å². The SMILES string of the molecule is Nc1ccc2[nH]nc(OCCN3CCOCC3)c2c1. The van der Waals surface area contributed by atoms with Gasteiger partial charge in [-0.2, -0.15) is 0 Å². The highest BCUT2D eigenvalue weighted by Crippen LogP contribution is 2.24. The van der Waals surface area contributed by atoms with Gasteiger partial charge in [-0.1, -0.05) is 0 Å².